The molecule has 1 fully saturated rings. The van der Waals surface area contributed by atoms with Crippen LogP contribution in [0.15, 0.2) is 18.2 Å². The second-order valence-electron chi connectivity index (χ2n) is 5.22. The summed E-state index contributed by atoms with van der Waals surface area (Å²) < 4.78 is 0. The highest BCUT2D eigenvalue weighted by Crippen LogP contribution is 2.28. The number of aromatic carboxylic acids is 1. The van der Waals surface area contributed by atoms with E-state index >= 15 is 0 Å². The minimum Gasteiger partial charge on any atom is -0.478 e. The summed E-state index contributed by atoms with van der Waals surface area (Å²) in [7, 11) is 0. The lowest BCUT2D eigenvalue weighted by atomic mass is 10.1. The number of carbonyl (C=O) groups is 1. The zero-order valence-corrected chi connectivity index (χ0v) is 11.1. The van der Waals surface area contributed by atoms with Gasteiger partial charge in [-0.15, -0.1) is 0 Å². The molecule has 1 saturated heterocycles. The van der Waals surface area contributed by atoms with Crippen LogP contribution < -0.4 is 4.90 Å². The monoisotopic (exact) mass is 247 g/mol. The first-order valence-corrected chi connectivity index (χ1v) is 6.70. The van der Waals surface area contributed by atoms with Crippen LogP contribution in [-0.2, 0) is 0 Å². The molecule has 1 heterocycles. The SMILES string of the molecule is Cc1ccc(C(=O)O)c(N2CCCCCC2C)c1. The van der Waals surface area contributed by atoms with Crippen LogP contribution in [0.3, 0.4) is 0 Å². The van der Waals surface area contributed by atoms with E-state index in [9.17, 15) is 9.90 Å². The molecular weight excluding hydrogens is 226 g/mol. The van der Waals surface area contributed by atoms with Gasteiger partial charge in [0.2, 0.25) is 0 Å². The standard InChI is InChI=1S/C15H21NO2/c1-11-7-8-13(15(17)18)14(10-11)16-9-5-3-4-6-12(16)2/h7-8,10,12H,3-6,9H2,1-2H3,(H,17,18). The molecule has 2 rings (SSSR count). The van der Waals surface area contributed by atoms with Gasteiger partial charge in [0.1, 0.15) is 0 Å². The first-order valence-electron chi connectivity index (χ1n) is 6.70. The van der Waals surface area contributed by atoms with Crippen LogP contribution in [0.25, 0.3) is 0 Å². The van der Waals surface area contributed by atoms with E-state index in [2.05, 4.69) is 11.8 Å². The zero-order chi connectivity index (χ0) is 13.1. The topological polar surface area (TPSA) is 40.5 Å². The van der Waals surface area contributed by atoms with Gasteiger partial charge in [-0.2, -0.15) is 0 Å². The molecule has 0 spiro atoms. The predicted molar refractivity (Wildman–Crippen MR) is 73.4 cm³/mol. The Kier molecular flexibility index (Phi) is 3.90. The van der Waals surface area contributed by atoms with Crippen LogP contribution in [0.4, 0.5) is 5.69 Å². The van der Waals surface area contributed by atoms with Gasteiger partial charge < -0.3 is 10.0 Å². The summed E-state index contributed by atoms with van der Waals surface area (Å²) in [5.74, 6) is -0.832. The number of hydrogen-bond donors (Lipinski definition) is 1. The van der Waals surface area contributed by atoms with E-state index in [4.69, 9.17) is 0 Å². The van der Waals surface area contributed by atoms with Gasteiger partial charge in [0.05, 0.1) is 11.3 Å². The fourth-order valence-corrected chi connectivity index (χ4v) is 2.69. The van der Waals surface area contributed by atoms with E-state index < -0.39 is 5.97 Å². The van der Waals surface area contributed by atoms with Crippen molar-refractivity contribution in [1.82, 2.24) is 0 Å². The van der Waals surface area contributed by atoms with Crippen molar-refractivity contribution in [2.75, 3.05) is 11.4 Å². The van der Waals surface area contributed by atoms with Gasteiger partial charge >= 0.3 is 5.97 Å². The molecule has 98 valence electrons. The molecule has 1 N–H and O–H groups in total. The van der Waals surface area contributed by atoms with E-state index in [1.54, 1.807) is 6.07 Å². The van der Waals surface area contributed by atoms with Crippen LogP contribution >= 0.6 is 0 Å². The highest BCUT2D eigenvalue weighted by Gasteiger charge is 2.22. The molecule has 1 aliphatic heterocycles. The molecular formula is C15H21NO2. The molecule has 0 aliphatic carbocycles. The molecule has 3 nitrogen and oxygen atoms in total. The number of carboxylic acid groups (broad SMARTS) is 1. The lowest BCUT2D eigenvalue weighted by molar-refractivity contribution is 0.0697. The lowest BCUT2D eigenvalue weighted by Crippen LogP contribution is -2.33. The van der Waals surface area contributed by atoms with Crippen LogP contribution in [0.1, 0.15) is 48.5 Å². The zero-order valence-electron chi connectivity index (χ0n) is 11.1. The van der Waals surface area contributed by atoms with Crippen LogP contribution in [0.5, 0.6) is 0 Å². The summed E-state index contributed by atoms with van der Waals surface area (Å²) in [5.41, 5.74) is 2.43. The Morgan fingerprint density at radius 1 is 1.33 bits per heavy atom. The van der Waals surface area contributed by atoms with Gasteiger partial charge in [0.25, 0.3) is 0 Å². The van der Waals surface area contributed by atoms with E-state index in [1.807, 2.05) is 19.1 Å². The van der Waals surface area contributed by atoms with Crippen molar-refractivity contribution in [1.29, 1.82) is 0 Å². The Morgan fingerprint density at radius 3 is 2.83 bits per heavy atom. The van der Waals surface area contributed by atoms with Gasteiger partial charge in [-0.3, -0.25) is 0 Å². The van der Waals surface area contributed by atoms with E-state index in [1.165, 1.54) is 12.8 Å². The Morgan fingerprint density at radius 2 is 2.11 bits per heavy atom. The first kappa shape index (κ1) is 12.9. The summed E-state index contributed by atoms with van der Waals surface area (Å²) in [6.07, 6.45) is 4.78. The third-order valence-corrected chi connectivity index (χ3v) is 3.75. The Bertz CT molecular complexity index is 442. The van der Waals surface area contributed by atoms with Crippen LogP contribution in [-0.4, -0.2) is 23.7 Å². The molecule has 1 aromatic carbocycles. The van der Waals surface area contributed by atoms with E-state index in [-0.39, 0.29) is 0 Å². The summed E-state index contributed by atoms with van der Waals surface area (Å²) in [6.45, 7) is 5.17. The highest BCUT2D eigenvalue weighted by molar-refractivity contribution is 5.94. The molecule has 18 heavy (non-hydrogen) atoms. The Labute approximate surface area is 108 Å². The maximum absolute atomic E-state index is 11.3. The summed E-state index contributed by atoms with van der Waals surface area (Å²) in [5, 5.41) is 9.32. The van der Waals surface area contributed by atoms with Crippen LogP contribution in [0.2, 0.25) is 0 Å². The van der Waals surface area contributed by atoms with Crippen molar-refractivity contribution in [2.24, 2.45) is 0 Å². The van der Waals surface area contributed by atoms with Crippen molar-refractivity contribution in [3.8, 4) is 0 Å². The average Bonchev–Trinajstić information content (AvgIpc) is 2.53. The second-order valence-corrected chi connectivity index (χ2v) is 5.22. The van der Waals surface area contributed by atoms with Crippen molar-refractivity contribution in [3.63, 3.8) is 0 Å². The third kappa shape index (κ3) is 2.66. The van der Waals surface area contributed by atoms with Crippen molar-refractivity contribution in [2.45, 2.75) is 45.6 Å². The molecule has 0 amide bonds. The van der Waals surface area contributed by atoms with Crippen molar-refractivity contribution >= 4 is 11.7 Å². The average molecular weight is 247 g/mol. The van der Waals surface area contributed by atoms with Gasteiger partial charge in [0, 0.05) is 12.6 Å². The maximum Gasteiger partial charge on any atom is 0.337 e. The third-order valence-electron chi connectivity index (χ3n) is 3.75. The van der Waals surface area contributed by atoms with Gasteiger partial charge in [-0.1, -0.05) is 18.9 Å². The van der Waals surface area contributed by atoms with Gasteiger partial charge in [0.15, 0.2) is 0 Å². The number of nitrogens with zero attached hydrogens (tertiary/aromatic N) is 1. The molecule has 0 radical (unpaired) electrons. The van der Waals surface area contributed by atoms with Crippen molar-refractivity contribution in [3.05, 3.63) is 29.3 Å². The molecule has 1 aromatic rings. The minimum absolute atomic E-state index is 0.424. The fraction of sp³-hybridized carbons (Fsp3) is 0.533. The number of rotatable bonds is 2. The minimum atomic E-state index is -0.832. The van der Waals surface area contributed by atoms with Gasteiger partial charge in [-0.25, -0.2) is 4.79 Å². The quantitative estimate of drug-likeness (QED) is 0.870. The van der Waals surface area contributed by atoms with E-state index in [0.29, 0.717) is 11.6 Å². The smallest absolute Gasteiger partial charge is 0.337 e. The maximum atomic E-state index is 11.3. The largest absolute Gasteiger partial charge is 0.478 e. The number of carboxylic acids is 1. The summed E-state index contributed by atoms with van der Waals surface area (Å²) in [6, 6.07) is 6.03. The number of benzene rings is 1. The molecule has 0 bridgehead atoms. The second kappa shape index (κ2) is 5.42. The van der Waals surface area contributed by atoms with Crippen LogP contribution in [0, 0.1) is 6.92 Å². The summed E-state index contributed by atoms with van der Waals surface area (Å²) in [4.78, 5) is 13.6. The predicted octanol–water partition coefficient (Wildman–Crippen LogP) is 3.46. The number of hydrogen-bond acceptors (Lipinski definition) is 2. The van der Waals surface area contributed by atoms with Gasteiger partial charge in [-0.05, 0) is 44.4 Å². The fourth-order valence-electron chi connectivity index (χ4n) is 2.69. The van der Waals surface area contributed by atoms with E-state index in [0.717, 1.165) is 30.6 Å². The number of anilines is 1. The Hall–Kier alpha value is -1.51. The molecule has 1 atom stereocenters. The lowest BCUT2D eigenvalue weighted by Gasteiger charge is -2.31. The molecule has 0 aromatic heterocycles. The summed E-state index contributed by atoms with van der Waals surface area (Å²) >= 11 is 0. The molecule has 3 heteroatoms. The molecule has 1 unspecified atom stereocenters. The number of aryl methyl sites for hydroxylation is 1. The normalized spacial score (nSPS) is 20.6. The highest BCUT2D eigenvalue weighted by atomic mass is 16.4. The Balaban J connectivity index is 2.40. The van der Waals surface area contributed by atoms with Crippen molar-refractivity contribution < 1.29 is 9.90 Å². The molecule has 0 saturated carbocycles. The molecule has 1 aliphatic rings. The first-order chi connectivity index (χ1) is 8.59.